The fourth-order valence-electron chi connectivity index (χ4n) is 1.18. The van der Waals surface area contributed by atoms with Crippen molar-refractivity contribution in [3.05, 3.63) is 33.3 Å². The molecule has 6 nitrogen and oxygen atoms in total. The van der Waals surface area contributed by atoms with E-state index in [9.17, 15) is 14.9 Å². The monoisotopic (exact) mass is 257 g/mol. The lowest BCUT2D eigenvalue weighted by Gasteiger charge is -2.10. The lowest BCUT2D eigenvalue weighted by Crippen LogP contribution is -2.34. The van der Waals surface area contributed by atoms with E-state index in [1.54, 1.807) is 13.8 Å². The van der Waals surface area contributed by atoms with Gasteiger partial charge in [0.2, 0.25) is 0 Å². The number of amides is 2. The van der Waals surface area contributed by atoms with Crippen LogP contribution in [0.15, 0.2) is 18.2 Å². The van der Waals surface area contributed by atoms with E-state index in [2.05, 4.69) is 10.6 Å². The molecule has 0 saturated carbocycles. The molecule has 0 bridgehead atoms. The number of rotatable bonds is 3. The maximum absolute atomic E-state index is 11.4. The molecule has 0 radical (unpaired) electrons. The van der Waals surface area contributed by atoms with E-state index in [0.29, 0.717) is 0 Å². The number of carbonyl (C=O) groups excluding carboxylic acids is 1. The van der Waals surface area contributed by atoms with Crippen LogP contribution in [0.2, 0.25) is 5.02 Å². The fourth-order valence-corrected chi connectivity index (χ4v) is 1.35. The van der Waals surface area contributed by atoms with Gasteiger partial charge in [-0.3, -0.25) is 10.1 Å². The highest BCUT2D eigenvalue weighted by molar-refractivity contribution is 6.31. The van der Waals surface area contributed by atoms with Crippen molar-refractivity contribution in [2.45, 2.75) is 19.9 Å². The molecule has 0 fully saturated rings. The third-order valence-corrected chi connectivity index (χ3v) is 2.06. The summed E-state index contributed by atoms with van der Waals surface area (Å²) < 4.78 is 0. The molecule has 0 aliphatic rings. The summed E-state index contributed by atoms with van der Waals surface area (Å²) in [6, 6.07) is 3.50. The summed E-state index contributed by atoms with van der Waals surface area (Å²) in [5, 5.41) is 16.0. The Morgan fingerprint density at radius 3 is 2.65 bits per heavy atom. The van der Waals surface area contributed by atoms with Crippen LogP contribution in [-0.2, 0) is 0 Å². The van der Waals surface area contributed by atoms with E-state index in [1.807, 2.05) is 0 Å². The second kappa shape index (κ2) is 5.49. The molecule has 0 unspecified atom stereocenters. The van der Waals surface area contributed by atoms with Gasteiger partial charge in [-0.2, -0.15) is 0 Å². The molecule has 0 aromatic heterocycles. The standard InChI is InChI=1S/C10H12ClN3O3/c1-6(2)12-10(15)13-8-4-3-7(11)5-9(8)14(16)17/h3-6H,1-2H3,(H2,12,13,15). The van der Waals surface area contributed by atoms with E-state index >= 15 is 0 Å². The number of nitrogens with one attached hydrogen (secondary N) is 2. The highest BCUT2D eigenvalue weighted by Crippen LogP contribution is 2.27. The number of carbonyl (C=O) groups is 1. The average Bonchev–Trinajstić information content (AvgIpc) is 2.19. The van der Waals surface area contributed by atoms with Crippen molar-refractivity contribution in [3.63, 3.8) is 0 Å². The number of anilines is 1. The molecule has 1 aromatic rings. The molecule has 1 aromatic carbocycles. The molecule has 0 aliphatic heterocycles. The van der Waals surface area contributed by atoms with Gasteiger partial charge in [-0.25, -0.2) is 4.79 Å². The zero-order valence-corrected chi connectivity index (χ0v) is 10.1. The van der Waals surface area contributed by atoms with Crippen LogP contribution >= 0.6 is 11.6 Å². The number of hydrogen-bond acceptors (Lipinski definition) is 3. The van der Waals surface area contributed by atoms with Crippen LogP contribution in [0.5, 0.6) is 0 Å². The van der Waals surface area contributed by atoms with E-state index in [0.717, 1.165) is 0 Å². The molecule has 0 atom stereocenters. The smallest absolute Gasteiger partial charge is 0.319 e. The lowest BCUT2D eigenvalue weighted by molar-refractivity contribution is -0.383. The molecule has 0 saturated heterocycles. The third kappa shape index (κ3) is 3.92. The van der Waals surface area contributed by atoms with Gasteiger partial charge in [-0.15, -0.1) is 0 Å². The fraction of sp³-hybridized carbons (Fsp3) is 0.300. The molecule has 7 heteroatoms. The minimum absolute atomic E-state index is 0.0543. The van der Waals surface area contributed by atoms with Gasteiger partial charge in [0.25, 0.3) is 5.69 Å². The summed E-state index contributed by atoms with van der Waals surface area (Å²) in [7, 11) is 0. The van der Waals surface area contributed by atoms with Crippen LogP contribution < -0.4 is 10.6 Å². The summed E-state index contributed by atoms with van der Waals surface area (Å²) in [4.78, 5) is 21.6. The largest absolute Gasteiger partial charge is 0.336 e. The van der Waals surface area contributed by atoms with Gasteiger partial charge in [0.1, 0.15) is 5.69 Å². The van der Waals surface area contributed by atoms with Gasteiger partial charge in [0.15, 0.2) is 0 Å². The van der Waals surface area contributed by atoms with Crippen LogP contribution in [-0.4, -0.2) is 17.0 Å². The van der Waals surface area contributed by atoms with Gasteiger partial charge in [0.05, 0.1) is 4.92 Å². The molecule has 0 heterocycles. The molecular formula is C10H12ClN3O3. The van der Waals surface area contributed by atoms with Crippen molar-refractivity contribution >= 4 is 29.0 Å². The van der Waals surface area contributed by atoms with Crippen LogP contribution in [0.4, 0.5) is 16.2 Å². The van der Waals surface area contributed by atoms with Crippen molar-refractivity contribution in [1.29, 1.82) is 0 Å². The molecule has 2 N–H and O–H groups in total. The highest BCUT2D eigenvalue weighted by Gasteiger charge is 2.16. The molecule has 92 valence electrons. The van der Waals surface area contributed by atoms with Gasteiger partial charge in [0, 0.05) is 17.1 Å². The topological polar surface area (TPSA) is 84.3 Å². The third-order valence-electron chi connectivity index (χ3n) is 1.82. The first-order valence-electron chi connectivity index (χ1n) is 4.91. The maximum atomic E-state index is 11.4. The Kier molecular flexibility index (Phi) is 4.28. The Labute approximate surface area is 103 Å². The van der Waals surface area contributed by atoms with E-state index < -0.39 is 11.0 Å². The number of benzene rings is 1. The molecule has 0 spiro atoms. The number of nitrogens with zero attached hydrogens (tertiary/aromatic N) is 1. The van der Waals surface area contributed by atoms with Gasteiger partial charge < -0.3 is 10.6 Å². The van der Waals surface area contributed by atoms with E-state index in [1.165, 1.54) is 18.2 Å². The highest BCUT2D eigenvalue weighted by atomic mass is 35.5. The summed E-state index contributed by atoms with van der Waals surface area (Å²) >= 11 is 5.65. The Morgan fingerprint density at radius 2 is 2.12 bits per heavy atom. The quantitative estimate of drug-likeness (QED) is 0.645. The maximum Gasteiger partial charge on any atom is 0.319 e. The first-order chi connectivity index (χ1) is 7.90. The predicted octanol–water partition coefficient (Wildman–Crippen LogP) is 2.78. The van der Waals surface area contributed by atoms with Crippen molar-refractivity contribution in [3.8, 4) is 0 Å². The minimum atomic E-state index is -0.600. The van der Waals surface area contributed by atoms with E-state index in [-0.39, 0.29) is 22.4 Å². The zero-order chi connectivity index (χ0) is 13.0. The van der Waals surface area contributed by atoms with Crippen LogP contribution in [0.1, 0.15) is 13.8 Å². The Morgan fingerprint density at radius 1 is 1.47 bits per heavy atom. The Bertz CT molecular complexity index is 448. The second-order valence-corrected chi connectivity index (χ2v) is 4.11. The summed E-state index contributed by atoms with van der Waals surface area (Å²) in [6.07, 6.45) is 0. The van der Waals surface area contributed by atoms with Gasteiger partial charge in [-0.1, -0.05) is 11.6 Å². The second-order valence-electron chi connectivity index (χ2n) is 3.67. The normalized spacial score (nSPS) is 10.1. The van der Waals surface area contributed by atoms with Crippen molar-refractivity contribution in [1.82, 2.24) is 5.32 Å². The number of hydrogen-bond donors (Lipinski definition) is 2. The lowest BCUT2D eigenvalue weighted by atomic mass is 10.2. The van der Waals surface area contributed by atoms with Crippen molar-refractivity contribution in [2.75, 3.05) is 5.32 Å². The predicted molar refractivity (Wildman–Crippen MR) is 65.4 cm³/mol. The first kappa shape index (κ1) is 13.2. The molecule has 0 aliphatic carbocycles. The van der Waals surface area contributed by atoms with Crippen LogP contribution in [0.25, 0.3) is 0 Å². The summed E-state index contributed by atoms with van der Waals surface area (Å²) in [6.45, 7) is 3.58. The summed E-state index contributed by atoms with van der Waals surface area (Å²) in [5.74, 6) is 0. The minimum Gasteiger partial charge on any atom is -0.336 e. The number of nitro groups is 1. The summed E-state index contributed by atoms with van der Waals surface area (Å²) in [5.41, 5.74) is -0.131. The molecule has 2 amide bonds. The van der Waals surface area contributed by atoms with Crippen molar-refractivity contribution < 1.29 is 9.72 Å². The molecule has 1 rings (SSSR count). The Hall–Kier alpha value is -1.82. The van der Waals surface area contributed by atoms with Crippen molar-refractivity contribution in [2.24, 2.45) is 0 Å². The van der Waals surface area contributed by atoms with Crippen LogP contribution in [0, 0.1) is 10.1 Å². The van der Waals surface area contributed by atoms with E-state index in [4.69, 9.17) is 11.6 Å². The van der Waals surface area contributed by atoms with Gasteiger partial charge >= 0.3 is 6.03 Å². The number of urea groups is 1. The SMILES string of the molecule is CC(C)NC(=O)Nc1ccc(Cl)cc1[N+](=O)[O-]. The van der Waals surface area contributed by atoms with Gasteiger partial charge in [-0.05, 0) is 26.0 Å². The zero-order valence-electron chi connectivity index (χ0n) is 9.36. The first-order valence-corrected chi connectivity index (χ1v) is 5.29. The number of halogens is 1. The average molecular weight is 258 g/mol. The van der Waals surface area contributed by atoms with Crippen LogP contribution in [0.3, 0.4) is 0 Å². The molecule has 17 heavy (non-hydrogen) atoms. The molecular weight excluding hydrogens is 246 g/mol. The Balaban J connectivity index is 2.91. The number of nitro benzene ring substituents is 1.